The Morgan fingerprint density at radius 2 is 1.68 bits per heavy atom. The van der Waals surface area contributed by atoms with E-state index in [2.05, 4.69) is 5.32 Å². The van der Waals surface area contributed by atoms with Crippen LogP contribution in [0, 0.1) is 20.8 Å². The van der Waals surface area contributed by atoms with Gasteiger partial charge in [-0.3, -0.25) is 9.59 Å². The third kappa shape index (κ3) is 4.73. The SMILES string of the molecule is CCOC(=O)CCC(=O)Nc1c(C)cc(C)cc1C. The number of anilines is 1. The fourth-order valence-corrected chi connectivity index (χ4v) is 2.03. The molecule has 1 amide bonds. The summed E-state index contributed by atoms with van der Waals surface area (Å²) < 4.78 is 4.79. The molecule has 1 rings (SSSR count). The van der Waals surface area contributed by atoms with Crippen molar-refractivity contribution in [2.24, 2.45) is 0 Å². The molecular weight excluding hydrogens is 242 g/mol. The summed E-state index contributed by atoms with van der Waals surface area (Å²) in [6.07, 6.45) is 0.259. The minimum absolute atomic E-state index is 0.115. The Labute approximate surface area is 114 Å². The van der Waals surface area contributed by atoms with Crippen molar-refractivity contribution < 1.29 is 14.3 Å². The van der Waals surface area contributed by atoms with Gasteiger partial charge in [0.1, 0.15) is 0 Å². The van der Waals surface area contributed by atoms with Gasteiger partial charge in [-0.2, -0.15) is 0 Å². The molecule has 19 heavy (non-hydrogen) atoms. The molecule has 0 fully saturated rings. The van der Waals surface area contributed by atoms with E-state index in [1.165, 1.54) is 5.56 Å². The van der Waals surface area contributed by atoms with Crippen LogP contribution in [-0.2, 0) is 14.3 Å². The van der Waals surface area contributed by atoms with E-state index in [0.717, 1.165) is 16.8 Å². The highest BCUT2D eigenvalue weighted by Gasteiger charge is 2.10. The lowest BCUT2D eigenvalue weighted by Crippen LogP contribution is -2.16. The van der Waals surface area contributed by atoms with Crippen molar-refractivity contribution in [2.75, 3.05) is 11.9 Å². The first kappa shape index (κ1) is 15.2. The number of carbonyl (C=O) groups excluding carboxylic acids is 2. The summed E-state index contributed by atoms with van der Waals surface area (Å²) in [6, 6.07) is 4.04. The second-order valence-electron chi connectivity index (χ2n) is 4.63. The molecule has 0 aliphatic rings. The van der Waals surface area contributed by atoms with Gasteiger partial charge in [-0.15, -0.1) is 0 Å². The molecule has 0 radical (unpaired) electrons. The predicted molar refractivity (Wildman–Crippen MR) is 75.1 cm³/mol. The van der Waals surface area contributed by atoms with Gasteiger partial charge >= 0.3 is 5.97 Å². The summed E-state index contributed by atoms with van der Waals surface area (Å²) in [4.78, 5) is 23.0. The summed E-state index contributed by atoms with van der Waals surface area (Å²) in [5.41, 5.74) is 4.06. The van der Waals surface area contributed by atoms with Crippen molar-refractivity contribution in [1.82, 2.24) is 0 Å². The predicted octanol–water partition coefficient (Wildman–Crippen LogP) is 2.89. The Morgan fingerprint density at radius 1 is 1.11 bits per heavy atom. The van der Waals surface area contributed by atoms with Gasteiger partial charge in [-0.25, -0.2) is 0 Å². The summed E-state index contributed by atoms with van der Waals surface area (Å²) >= 11 is 0. The Morgan fingerprint density at radius 3 is 2.21 bits per heavy atom. The van der Waals surface area contributed by atoms with Crippen LogP contribution in [0.5, 0.6) is 0 Å². The molecule has 0 aliphatic carbocycles. The number of benzene rings is 1. The van der Waals surface area contributed by atoms with Crippen LogP contribution in [0.15, 0.2) is 12.1 Å². The molecule has 1 aromatic rings. The van der Waals surface area contributed by atoms with Crippen molar-refractivity contribution >= 4 is 17.6 Å². The molecule has 1 aromatic carbocycles. The van der Waals surface area contributed by atoms with E-state index in [9.17, 15) is 9.59 Å². The van der Waals surface area contributed by atoms with E-state index in [-0.39, 0.29) is 24.7 Å². The first-order chi connectivity index (χ1) is 8.93. The minimum atomic E-state index is -0.338. The summed E-state index contributed by atoms with van der Waals surface area (Å²) in [6.45, 7) is 8.03. The molecule has 0 bridgehead atoms. The number of esters is 1. The second kappa shape index (κ2) is 6.92. The molecule has 1 N–H and O–H groups in total. The number of ether oxygens (including phenoxy) is 1. The molecule has 0 spiro atoms. The molecule has 4 heteroatoms. The third-order valence-corrected chi connectivity index (χ3v) is 2.80. The topological polar surface area (TPSA) is 55.4 Å². The van der Waals surface area contributed by atoms with Crippen LogP contribution in [0.2, 0.25) is 0 Å². The number of aryl methyl sites for hydroxylation is 3. The lowest BCUT2D eigenvalue weighted by Gasteiger charge is -2.12. The molecule has 4 nitrogen and oxygen atoms in total. The van der Waals surface area contributed by atoms with Gasteiger partial charge in [0.15, 0.2) is 0 Å². The number of carbonyl (C=O) groups is 2. The number of hydrogen-bond donors (Lipinski definition) is 1. The van der Waals surface area contributed by atoms with Crippen molar-refractivity contribution in [3.63, 3.8) is 0 Å². The van der Waals surface area contributed by atoms with Gasteiger partial charge in [0, 0.05) is 12.1 Å². The van der Waals surface area contributed by atoms with E-state index in [0.29, 0.717) is 6.61 Å². The Kier molecular flexibility index (Phi) is 5.55. The highest BCUT2D eigenvalue weighted by atomic mass is 16.5. The van der Waals surface area contributed by atoms with E-state index >= 15 is 0 Å². The third-order valence-electron chi connectivity index (χ3n) is 2.80. The fourth-order valence-electron chi connectivity index (χ4n) is 2.03. The minimum Gasteiger partial charge on any atom is -0.466 e. The smallest absolute Gasteiger partial charge is 0.306 e. The second-order valence-corrected chi connectivity index (χ2v) is 4.63. The summed E-state index contributed by atoms with van der Waals surface area (Å²) in [5, 5.41) is 2.86. The summed E-state index contributed by atoms with van der Waals surface area (Å²) in [5.74, 6) is -0.502. The standard InChI is InChI=1S/C15H21NO3/c1-5-19-14(18)7-6-13(17)16-15-11(3)8-10(2)9-12(15)4/h8-9H,5-7H2,1-4H3,(H,16,17). The fraction of sp³-hybridized carbons (Fsp3) is 0.467. The maximum absolute atomic E-state index is 11.8. The monoisotopic (exact) mass is 263 g/mol. The van der Waals surface area contributed by atoms with Gasteiger partial charge in [0.2, 0.25) is 5.91 Å². The zero-order valence-corrected chi connectivity index (χ0v) is 12.0. The van der Waals surface area contributed by atoms with Crippen molar-refractivity contribution in [3.05, 3.63) is 28.8 Å². The Balaban J connectivity index is 2.60. The quantitative estimate of drug-likeness (QED) is 0.831. The molecule has 104 valence electrons. The van der Waals surface area contributed by atoms with Crippen LogP contribution in [0.1, 0.15) is 36.5 Å². The van der Waals surface area contributed by atoms with Gasteiger partial charge in [-0.1, -0.05) is 17.7 Å². The van der Waals surface area contributed by atoms with Crippen molar-refractivity contribution in [3.8, 4) is 0 Å². The molecule has 0 aliphatic heterocycles. The van der Waals surface area contributed by atoms with Crippen LogP contribution < -0.4 is 5.32 Å². The maximum Gasteiger partial charge on any atom is 0.306 e. The molecule has 0 atom stereocenters. The number of nitrogens with one attached hydrogen (secondary N) is 1. The van der Waals surface area contributed by atoms with E-state index < -0.39 is 0 Å². The normalized spacial score (nSPS) is 10.1. The lowest BCUT2D eigenvalue weighted by molar-refractivity contribution is -0.144. The van der Waals surface area contributed by atoms with Gasteiger partial charge in [0.25, 0.3) is 0 Å². The zero-order chi connectivity index (χ0) is 14.4. The van der Waals surface area contributed by atoms with Gasteiger partial charge in [0.05, 0.1) is 13.0 Å². The molecule has 0 saturated heterocycles. The van der Waals surface area contributed by atoms with Crippen molar-refractivity contribution in [1.29, 1.82) is 0 Å². The largest absolute Gasteiger partial charge is 0.466 e. The average molecular weight is 263 g/mol. The zero-order valence-electron chi connectivity index (χ0n) is 12.0. The molecular formula is C15H21NO3. The Bertz CT molecular complexity index is 457. The molecule has 0 heterocycles. The van der Waals surface area contributed by atoms with Gasteiger partial charge in [-0.05, 0) is 38.8 Å². The van der Waals surface area contributed by atoms with Gasteiger partial charge < -0.3 is 10.1 Å². The van der Waals surface area contributed by atoms with Crippen LogP contribution in [0.25, 0.3) is 0 Å². The van der Waals surface area contributed by atoms with E-state index in [4.69, 9.17) is 4.74 Å². The highest BCUT2D eigenvalue weighted by molar-refractivity contribution is 5.94. The number of hydrogen-bond acceptors (Lipinski definition) is 3. The van der Waals surface area contributed by atoms with E-state index in [1.807, 2.05) is 32.9 Å². The van der Waals surface area contributed by atoms with Crippen LogP contribution >= 0.6 is 0 Å². The molecule has 0 aromatic heterocycles. The number of amides is 1. The average Bonchev–Trinajstić information content (AvgIpc) is 2.31. The van der Waals surface area contributed by atoms with Crippen LogP contribution in [-0.4, -0.2) is 18.5 Å². The molecule has 0 unspecified atom stereocenters. The first-order valence-electron chi connectivity index (χ1n) is 6.47. The number of rotatable bonds is 5. The first-order valence-corrected chi connectivity index (χ1v) is 6.47. The van der Waals surface area contributed by atoms with Crippen molar-refractivity contribution in [2.45, 2.75) is 40.5 Å². The maximum atomic E-state index is 11.8. The molecule has 0 saturated carbocycles. The highest BCUT2D eigenvalue weighted by Crippen LogP contribution is 2.22. The lowest BCUT2D eigenvalue weighted by atomic mass is 10.0. The van der Waals surface area contributed by atoms with Crippen LogP contribution in [0.4, 0.5) is 5.69 Å². The van der Waals surface area contributed by atoms with E-state index in [1.54, 1.807) is 6.92 Å². The summed E-state index contributed by atoms with van der Waals surface area (Å²) in [7, 11) is 0. The Hall–Kier alpha value is -1.84. The van der Waals surface area contributed by atoms with Crippen LogP contribution in [0.3, 0.4) is 0 Å².